The van der Waals surface area contributed by atoms with Crippen molar-refractivity contribution < 1.29 is 15.0 Å². The normalized spacial score (nSPS) is 14.1. The summed E-state index contributed by atoms with van der Waals surface area (Å²) in [6, 6.07) is 9.48. The summed E-state index contributed by atoms with van der Waals surface area (Å²) < 4.78 is 1.65. The molecule has 5 heteroatoms. The maximum atomic E-state index is 10.8. The Hall–Kier alpha value is -2.14. The molecular weight excluding hydrogens is 232 g/mol. The van der Waals surface area contributed by atoms with E-state index in [1.54, 1.807) is 17.1 Å². The van der Waals surface area contributed by atoms with E-state index < -0.39 is 11.6 Å². The minimum atomic E-state index is -1.77. The van der Waals surface area contributed by atoms with Gasteiger partial charge in [0.2, 0.25) is 0 Å². The van der Waals surface area contributed by atoms with Gasteiger partial charge in [-0.2, -0.15) is 5.10 Å². The molecule has 94 valence electrons. The van der Waals surface area contributed by atoms with Crippen molar-refractivity contribution in [1.82, 2.24) is 9.78 Å². The molecule has 0 amide bonds. The number of rotatable bonds is 4. The van der Waals surface area contributed by atoms with E-state index in [1.807, 2.05) is 30.3 Å². The lowest BCUT2D eigenvalue weighted by molar-refractivity contribution is -0.156. The second-order valence-electron chi connectivity index (χ2n) is 4.38. The highest BCUT2D eigenvalue weighted by atomic mass is 16.4. The summed E-state index contributed by atoms with van der Waals surface area (Å²) in [5.41, 5.74) is -0.213. The fraction of sp³-hybridized carbons (Fsp3) is 0.231. The summed E-state index contributed by atoms with van der Waals surface area (Å²) in [4.78, 5) is 10.8. The Kier molecular flexibility index (Phi) is 3.16. The van der Waals surface area contributed by atoms with Crippen LogP contribution in [0.1, 0.15) is 12.5 Å². The molecule has 18 heavy (non-hydrogen) atoms. The quantitative estimate of drug-likeness (QED) is 0.851. The number of hydrogen-bond acceptors (Lipinski definition) is 3. The first-order valence-corrected chi connectivity index (χ1v) is 5.54. The number of aliphatic carboxylic acids is 1. The zero-order chi connectivity index (χ0) is 13.2. The van der Waals surface area contributed by atoms with Crippen LogP contribution in [-0.2, 0) is 11.2 Å². The number of para-hydroxylation sites is 1. The summed E-state index contributed by atoms with van der Waals surface area (Å²) >= 11 is 0. The Labute approximate surface area is 104 Å². The molecule has 5 nitrogen and oxygen atoms in total. The van der Waals surface area contributed by atoms with E-state index in [-0.39, 0.29) is 6.42 Å². The summed E-state index contributed by atoms with van der Waals surface area (Å²) in [7, 11) is 0. The Balaban J connectivity index is 2.19. The van der Waals surface area contributed by atoms with Crippen molar-refractivity contribution in [2.75, 3.05) is 0 Å². The van der Waals surface area contributed by atoms with Gasteiger partial charge in [0.15, 0.2) is 5.60 Å². The van der Waals surface area contributed by atoms with Crippen molar-refractivity contribution in [3.05, 3.63) is 48.3 Å². The number of carboxylic acids is 1. The molecule has 0 aliphatic rings. The first-order valence-electron chi connectivity index (χ1n) is 5.54. The zero-order valence-electron chi connectivity index (χ0n) is 9.95. The Bertz CT molecular complexity index is 546. The lowest BCUT2D eigenvalue weighted by atomic mass is 9.99. The van der Waals surface area contributed by atoms with Crippen LogP contribution < -0.4 is 0 Å². The monoisotopic (exact) mass is 246 g/mol. The third kappa shape index (κ3) is 2.57. The van der Waals surface area contributed by atoms with Crippen molar-refractivity contribution in [2.45, 2.75) is 18.9 Å². The zero-order valence-corrected chi connectivity index (χ0v) is 9.95. The third-order valence-electron chi connectivity index (χ3n) is 2.67. The van der Waals surface area contributed by atoms with Crippen LogP contribution >= 0.6 is 0 Å². The average Bonchev–Trinajstić information content (AvgIpc) is 2.78. The summed E-state index contributed by atoms with van der Waals surface area (Å²) in [5, 5.41) is 22.7. The number of benzene rings is 1. The summed E-state index contributed by atoms with van der Waals surface area (Å²) in [6.07, 6.45) is 3.30. The smallest absolute Gasteiger partial charge is 0.335 e. The fourth-order valence-corrected chi connectivity index (χ4v) is 1.65. The van der Waals surface area contributed by atoms with Crippen molar-refractivity contribution in [1.29, 1.82) is 0 Å². The molecule has 0 radical (unpaired) electrons. The minimum absolute atomic E-state index is 0.0230. The van der Waals surface area contributed by atoms with Crippen LogP contribution in [-0.4, -0.2) is 31.6 Å². The van der Waals surface area contributed by atoms with Gasteiger partial charge in [0.05, 0.1) is 11.9 Å². The number of carboxylic acid groups (broad SMARTS) is 1. The molecule has 0 bridgehead atoms. The molecule has 0 aliphatic heterocycles. The van der Waals surface area contributed by atoms with E-state index >= 15 is 0 Å². The predicted octanol–water partition coefficient (Wildman–Crippen LogP) is 1.25. The molecule has 0 fully saturated rings. The van der Waals surface area contributed by atoms with Crippen molar-refractivity contribution in [3.63, 3.8) is 0 Å². The fourth-order valence-electron chi connectivity index (χ4n) is 1.65. The largest absolute Gasteiger partial charge is 0.479 e. The first-order chi connectivity index (χ1) is 8.49. The summed E-state index contributed by atoms with van der Waals surface area (Å²) in [5.74, 6) is -1.24. The maximum absolute atomic E-state index is 10.8. The van der Waals surface area contributed by atoms with Crippen LogP contribution in [0.25, 0.3) is 5.69 Å². The van der Waals surface area contributed by atoms with E-state index in [9.17, 15) is 9.90 Å². The van der Waals surface area contributed by atoms with Crippen LogP contribution in [0, 0.1) is 0 Å². The highest BCUT2D eigenvalue weighted by molar-refractivity contribution is 5.76. The molecule has 1 atom stereocenters. The molecule has 1 aromatic heterocycles. The number of aromatic nitrogens is 2. The molecule has 2 N–H and O–H groups in total. The average molecular weight is 246 g/mol. The first kappa shape index (κ1) is 12.3. The minimum Gasteiger partial charge on any atom is -0.479 e. The van der Waals surface area contributed by atoms with E-state index in [1.165, 1.54) is 6.92 Å². The van der Waals surface area contributed by atoms with Gasteiger partial charge in [-0.25, -0.2) is 9.48 Å². The van der Waals surface area contributed by atoms with E-state index in [0.29, 0.717) is 5.56 Å². The van der Waals surface area contributed by atoms with Gasteiger partial charge in [0, 0.05) is 12.6 Å². The van der Waals surface area contributed by atoms with Gasteiger partial charge >= 0.3 is 5.97 Å². The topological polar surface area (TPSA) is 75.4 Å². The van der Waals surface area contributed by atoms with Gasteiger partial charge in [-0.1, -0.05) is 18.2 Å². The second kappa shape index (κ2) is 4.62. The van der Waals surface area contributed by atoms with E-state index in [0.717, 1.165) is 5.69 Å². The SMILES string of the molecule is CC(O)(Cc1cnn(-c2ccccc2)c1)C(=O)O. The molecule has 1 unspecified atom stereocenters. The molecular formula is C13H14N2O3. The van der Waals surface area contributed by atoms with Gasteiger partial charge < -0.3 is 10.2 Å². The number of aliphatic hydroxyl groups is 1. The Morgan fingerprint density at radius 3 is 2.67 bits per heavy atom. The molecule has 1 aromatic carbocycles. The van der Waals surface area contributed by atoms with Crippen LogP contribution in [0.15, 0.2) is 42.7 Å². The van der Waals surface area contributed by atoms with Crippen LogP contribution in [0.4, 0.5) is 0 Å². The van der Waals surface area contributed by atoms with Gasteiger partial charge in [0.1, 0.15) is 0 Å². The number of nitrogens with zero attached hydrogens (tertiary/aromatic N) is 2. The van der Waals surface area contributed by atoms with Crippen LogP contribution in [0.3, 0.4) is 0 Å². The van der Waals surface area contributed by atoms with Gasteiger partial charge in [0.25, 0.3) is 0 Å². The van der Waals surface area contributed by atoms with E-state index in [2.05, 4.69) is 5.10 Å². The molecule has 1 heterocycles. The maximum Gasteiger partial charge on any atom is 0.335 e. The van der Waals surface area contributed by atoms with Crippen molar-refractivity contribution in [3.8, 4) is 5.69 Å². The van der Waals surface area contributed by atoms with Crippen LogP contribution in [0.5, 0.6) is 0 Å². The Morgan fingerprint density at radius 2 is 2.06 bits per heavy atom. The lowest BCUT2D eigenvalue weighted by Crippen LogP contribution is -2.37. The van der Waals surface area contributed by atoms with Crippen LogP contribution in [0.2, 0.25) is 0 Å². The molecule has 2 rings (SSSR count). The van der Waals surface area contributed by atoms with Gasteiger partial charge in [-0.05, 0) is 24.6 Å². The highest BCUT2D eigenvalue weighted by Crippen LogP contribution is 2.14. The second-order valence-corrected chi connectivity index (χ2v) is 4.38. The molecule has 0 spiro atoms. The van der Waals surface area contributed by atoms with Crippen molar-refractivity contribution >= 4 is 5.97 Å². The summed E-state index contributed by atoms with van der Waals surface area (Å²) in [6.45, 7) is 1.27. The number of hydrogen-bond donors (Lipinski definition) is 2. The Morgan fingerprint density at radius 1 is 1.39 bits per heavy atom. The predicted molar refractivity (Wildman–Crippen MR) is 65.5 cm³/mol. The lowest BCUT2D eigenvalue weighted by Gasteiger charge is -2.16. The molecule has 2 aromatic rings. The van der Waals surface area contributed by atoms with Gasteiger partial charge in [-0.15, -0.1) is 0 Å². The standard InChI is InChI=1S/C13H14N2O3/c1-13(18,12(16)17)7-10-8-14-15(9-10)11-5-3-2-4-6-11/h2-6,8-9,18H,7H2,1H3,(H,16,17). The molecule has 0 saturated heterocycles. The molecule has 0 aliphatic carbocycles. The van der Waals surface area contributed by atoms with Crippen molar-refractivity contribution in [2.24, 2.45) is 0 Å². The highest BCUT2D eigenvalue weighted by Gasteiger charge is 2.30. The van der Waals surface area contributed by atoms with Gasteiger partial charge in [-0.3, -0.25) is 0 Å². The number of carbonyl (C=O) groups is 1. The third-order valence-corrected chi connectivity index (χ3v) is 2.67. The van der Waals surface area contributed by atoms with E-state index in [4.69, 9.17) is 5.11 Å². The molecule has 0 saturated carbocycles.